The van der Waals surface area contributed by atoms with E-state index < -0.39 is 5.97 Å². The summed E-state index contributed by atoms with van der Waals surface area (Å²) in [7, 11) is 2.15. The minimum absolute atomic E-state index is 0.346. The first-order valence-electron chi connectivity index (χ1n) is 6.85. The number of likely N-dealkylation sites (tertiary alicyclic amines) is 1. The highest BCUT2D eigenvalue weighted by molar-refractivity contribution is 5.89. The van der Waals surface area contributed by atoms with Gasteiger partial charge < -0.3 is 15.3 Å². The number of anilines is 1. The monoisotopic (exact) mass is 262 g/mol. The van der Waals surface area contributed by atoms with Crippen LogP contribution in [0.1, 0.15) is 35.2 Å². The second kappa shape index (κ2) is 6.06. The Bertz CT molecular complexity index is 459. The van der Waals surface area contributed by atoms with Crippen LogP contribution >= 0.6 is 0 Å². The molecule has 1 atom stereocenters. The fourth-order valence-electron chi connectivity index (χ4n) is 2.51. The molecular formula is C15H22N2O2. The van der Waals surface area contributed by atoms with Crippen LogP contribution in [-0.2, 0) is 0 Å². The Hall–Kier alpha value is -1.55. The van der Waals surface area contributed by atoms with E-state index in [0.29, 0.717) is 11.6 Å². The molecule has 104 valence electrons. The summed E-state index contributed by atoms with van der Waals surface area (Å²) in [4.78, 5) is 13.4. The summed E-state index contributed by atoms with van der Waals surface area (Å²) < 4.78 is 0. The van der Waals surface area contributed by atoms with Gasteiger partial charge in [0.25, 0.3) is 0 Å². The number of benzene rings is 1. The lowest BCUT2D eigenvalue weighted by Crippen LogP contribution is -2.23. The molecule has 1 aliphatic rings. The molecule has 0 spiro atoms. The van der Waals surface area contributed by atoms with Crippen LogP contribution in [0.3, 0.4) is 0 Å². The van der Waals surface area contributed by atoms with Crippen molar-refractivity contribution in [1.82, 2.24) is 4.90 Å². The third kappa shape index (κ3) is 3.70. The van der Waals surface area contributed by atoms with E-state index >= 15 is 0 Å². The van der Waals surface area contributed by atoms with Crippen molar-refractivity contribution < 1.29 is 9.90 Å². The number of hydrogen-bond donors (Lipinski definition) is 2. The van der Waals surface area contributed by atoms with Crippen LogP contribution in [0.4, 0.5) is 5.69 Å². The van der Waals surface area contributed by atoms with Crippen LogP contribution in [-0.4, -0.2) is 42.2 Å². The maximum absolute atomic E-state index is 11.0. The Kier molecular flexibility index (Phi) is 4.43. The van der Waals surface area contributed by atoms with E-state index in [4.69, 9.17) is 5.11 Å². The molecule has 0 saturated carbocycles. The molecule has 1 aromatic carbocycles. The van der Waals surface area contributed by atoms with E-state index in [-0.39, 0.29) is 0 Å². The second-order valence-electron chi connectivity index (χ2n) is 5.41. The summed E-state index contributed by atoms with van der Waals surface area (Å²) in [5, 5.41) is 12.6. The SMILES string of the molecule is Cc1ccc(C(=O)O)cc1NC1CCCN(C)CC1. The standard InChI is InChI=1S/C15H22N2O2/c1-11-5-6-12(15(18)19)10-14(11)16-13-4-3-8-17(2)9-7-13/h5-6,10,13,16H,3-4,7-9H2,1-2H3,(H,18,19). The lowest BCUT2D eigenvalue weighted by Gasteiger charge is -2.20. The maximum atomic E-state index is 11.0. The molecule has 1 aromatic rings. The Labute approximate surface area is 114 Å². The number of carboxylic acids is 1. The van der Waals surface area contributed by atoms with Gasteiger partial charge in [-0.05, 0) is 64.0 Å². The highest BCUT2D eigenvalue weighted by atomic mass is 16.4. The minimum Gasteiger partial charge on any atom is -0.478 e. The molecule has 1 unspecified atom stereocenters. The number of aryl methyl sites for hydroxylation is 1. The van der Waals surface area contributed by atoms with E-state index in [1.54, 1.807) is 12.1 Å². The Morgan fingerprint density at radius 3 is 2.89 bits per heavy atom. The zero-order valence-electron chi connectivity index (χ0n) is 11.6. The molecule has 1 heterocycles. The van der Waals surface area contributed by atoms with Crippen LogP contribution in [0.5, 0.6) is 0 Å². The van der Waals surface area contributed by atoms with Crippen molar-refractivity contribution in [2.45, 2.75) is 32.2 Å². The predicted octanol–water partition coefficient (Wildman–Crippen LogP) is 2.59. The number of carboxylic acid groups (broad SMARTS) is 1. The highest BCUT2D eigenvalue weighted by Gasteiger charge is 2.16. The molecule has 1 aliphatic heterocycles. The van der Waals surface area contributed by atoms with Gasteiger partial charge in [0, 0.05) is 11.7 Å². The van der Waals surface area contributed by atoms with Gasteiger partial charge in [0.2, 0.25) is 0 Å². The zero-order valence-corrected chi connectivity index (χ0v) is 11.6. The van der Waals surface area contributed by atoms with E-state index in [9.17, 15) is 4.79 Å². The second-order valence-corrected chi connectivity index (χ2v) is 5.41. The highest BCUT2D eigenvalue weighted by Crippen LogP contribution is 2.21. The molecule has 4 nitrogen and oxygen atoms in total. The van der Waals surface area contributed by atoms with Crippen molar-refractivity contribution in [3.05, 3.63) is 29.3 Å². The fraction of sp³-hybridized carbons (Fsp3) is 0.533. The van der Waals surface area contributed by atoms with Gasteiger partial charge in [-0.25, -0.2) is 4.79 Å². The van der Waals surface area contributed by atoms with Crippen LogP contribution in [0.25, 0.3) is 0 Å². The van der Waals surface area contributed by atoms with Crippen LogP contribution < -0.4 is 5.32 Å². The summed E-state index contributed by atoms with van der Waals surface area (Å²) >= 11 is 0. The van der Waals surface area contributed by atoms with Crippen molar-refractivity contribution in [3.63, 3.8) is 0 Å². The normalized spacial score (nSPS) is 20.8. The molecule has 1 saturated heterocycles. The summed E-state index contributed by atoms with van der Waals surface area (Å²) in [6.07, 6.45) is 3.43. The third-order valence-corrected chi connectivity index (χ3v) is 3.80. The van der Waals surface area contributed by atoms with Gasteiger partial charge in [-0.2, -0.15) is 0 Å². The van der Waals surface area contributed by atoms with Gasteiger partial charge in [-0.1, -0.05) is 6.07 Å². The van der Waals surface area contributed by atoms with E-state index in [1.165, 1.54) is 6.42 Å². The number of nitrogens with one attached hydrogen (secondary N) is 1. The molecule has 4 heteroatoms. The number of aromatic carboxylic acids is 1. The molecule has 0 bridgehead atoms. The summed E-state index contributed by atoms with van der Waals surface area (Å²) in [5.41, 5.74) is 2.40. The van der Waals surface area contributed by atoms with Crippen molar-refractivity contribution in [1.29, 1.82) is 0 Å². The molecule has 0 aliphatic carbocycles. The van der Waals surface area contributed by atoms with Crippen molar-refractivity contribution in [3.8, 4) is 0 Å². The molecule has 0 aromatic heterocycles. The van der Waals surface area contributed by atoms with Crippen molar-refractivity contribution >= 4 is 11.7 Å². The van der Waals surface area contributed by atoms with Gasteiger partial charge in [0.1, 0.15) is 0 Å². The molecular weight excluding hydrogens is 240 g/mol. The summed E-state index contributed by atoms with van der Waals surface area (Å²) in [6.45, 7) is 4.25. The zero-order chi connectivity index (χ0) is 13.8. The number of hydrogen-bond acceptors (Lipinski definition) is 3. The van der Waals surface area contributed by atoms with Gasteiger partial charge in [-0.15, -0.1) is 0 Å². The number of carbonyl (C=O) groups is 1. The lowest BCUT2D eigenvalue weighted by molar-refractivity contribution is 0.0697. The lowest BCUT2D eigenvalue weighted by atomic mass is 10.1. The van der Waals surface area contributed by atoms with E-state index in [1.807, 2.05) is 13.0 Å². The van der Waals surface area contributed by atoms with Crippen molar-refractivity contribution in [2.75, 3.05) is 25.5 Å². The maximum Gasteiger partial charge on any atom is 0.335 e. The minimum atomic E-state index is -0.872. The fourth-order valence-corrected chi connectivity index (χ4v) is 2.51. The first-order valence-corrected chi connectivity index (χ1v) is 6.85. The van der Waals surface area contributed by atoms with Crippen LogP contribution in [0.15, 0.2) is 18.2 Å². The average molecular weight is 262 g/mol. The Morgan fingerprint density at radius 1 is 1.37 bits per heavy atom. The molecule has 19 heavy (non-hydrogen) atoms. The quantitative estimate of drug-likeness (QED) is 0.879. The first-order chi connectivity index (χ1) is 9.06. The van der Waals surface area contributed by atoms with Gasteiger partial charge in [0.15, 0.2) is 0 Å². The van der Waals surface area contributed by atoms with Gasteiger partial charge in [0.05, 0.1) is 5.56 Å². The summed E-state index contributed by atoms with van der Waals surface area (Å²) in [5.74, 6) is -0.872. The Balaban J connectivity index is 2.09. The van der Waals surface area contributed by atoms with Crippen LogP contribution in [0, 0.1) is 6.92 Å². The molecule has 0 radical (unpaired) electrons. The third-order valence-electron chi connectivity index (χ3n) is 3.80. The number of rotatable bonds is 3. The summed E-state index contributed by atoms with van der Waals surface area (Å²) in [6, 6.07) is 5.71. The molecule has 2 rings (SSSR count). The average Bonchev–Trinajstić information content (AvgIpc) is 2.57. The predicted molar refractivity (Wildman–Crippen MR) is 76.9 cm³/mol. The molecule has 0 amide bonds. The molecule has 1 fully saturated rings. The Morgan fingerprint density at radius 2 is 2.16 bits per heavy atom. The first kappa shape index (κ1) is 13.9. The van der Waals surface area contributed by atoms with Crippen molar-refractivity contribution in [2.24, 2.45) is 0 Å². The smallest absolute Gasteiger partial charge is 0.335 e. The largest absolute Gasteiger partial charge is 0.478 e. The topological polar surface area (TPSA) is 52.6 Å². The van der Waals surface area contributed by atoms with Crippen LogP contribution in [0.2, 0.25) is 0 Å². The van der Waals surface area contributed by atoms with Gasteiger partial charge in [-0.3, -0.25) is 0 Å². The van der Waals surface area contributed by atoms with E-state index in [0.717, 1.165) is 37.2 Å². The molecule has 2 N–H and O–H groups in total. The van der Waals surface area contributed by atoms with E-state index in [2.05, 4.69) is 17.3 Å². The number of nitrogens with zero attached hydrogens (tertiary/aromatic N) is 1. The van der Waals surface area contributed by atoms with Gasteiger partial charge >= 0.3 is 5.97 Å².